The summed E-state index contributed by atoms with van der Waals surface area (Å²) in [6.45, 7) is 3.51. The van der Waals surface area contributed by atoms with Crippen molar-refractivity contribution in [3.8, 4) is 0 Å². The van der Waals surface area contributed by atoms with Crippen molar-refractivity contribution in [1.29, 1.82) is 0 Å². The van der Waals surface area contributed by atoms with Gasteiger partial charge >= 0.3 is 0 Å². The summed E-state index contributed by atoms with van der Waals surface area (Å²) in [5.74, 6) is 0.961. The fourth-order valence-corrected chi connectivity index (χ4v) is 2.42. The van der Waals surface area contributed by atoms with E-state index in [9.17, 15) is 0 Å². The molecule has 1 saturated heterocycles. The van der Waals surface area contributed by atoms with Crippen LogP contribution in [0, 0.1) is 5.92 Å². The minimum Gasteiger partial charge on any atom is -0.390 e. The number of aliphatic hydroxyl groups excluding tert-OH is 1. The Bertz CT molecular complexity index is 361. The predicted octanol–water partition coefficient (Wildman–Crippen LogP) is 0.427. The lowest BCUT2D eigenvalue weighted by atomic mass is 10.3. The maximum absolute atomic E-state index is 8.95. The summed E-state index contributed by atoms with van der Waals surface area (Å²) in [5, 5.41) is 16.9. The van der Waals surface area contributed by atoms with Gasteiger partial charge in [0.25, 0.3) is 0 Å². The molecule has 2 aliphatic rings. The molecule has 1 aromatic heterocycles. The highest BCUT2D eigenvalue weighted by Crippen LogP contribution is 2.32. The van der Waals surface area contributed by atoms with Crippen molar-refractivity contribution in [1.82, 2.24) is 19.9 Å². The molecule has 0 unspecified atom stereocenters. The van der Waals surface area contributed by atoms with Gasteiger partial charge < -0.3 is 10.0 Å². The maximum atomic E-state index is 8.95. The lowest BCUT2D eigenvalue weighted by molar-refractivity contribution is 0.276. The number of likely N-dealkylation sites (tertiary alicyclic amines) is 1. The Morgan fingerprint density at radius 2 is 2.25 bits per heavy atom. The summed E-state index contributed by atoms with van der Waals surface area (Å²) < 4.78 is 1.92. The van der Waals surface area contributed by atoms with E-state index in [1.165, 1.54) is 25.9 Å². The first kappa shape index (κ1) is 10.2. The normalized spacial score (nSPS) is 26.4. The standard InChI is InChI=1S/C11H18N4O/c16-8-10-6-15(13-12-10)11-3-4-14(7-11)5-9-1-2-9/h6,9,11,16H,1-5,7-8H2/t11-/m0/s1. The highest BCUT2D eigenvalue weighted by molar-refractivity contribution is 4.93. The smallest absolute Gasteiger partial charge is 0.108 e. The summed E-state index contributed by atoms with van der Waals surface area (Å²) in [6.07, 6.45) is 5.85. The molecule has 0 aromatic carbocycles. The number of aromatic nitrogens is 3. The summed E-state index contributed by atoms with van der Waals surface area (Å²) in [6, 6.07) is 0.451. The molecular formula is C11H18N4O. The van der Waals surface area contributed by atoms with Crippen molar-refractivity contribution >= 4 is 0 Å². The fourth-order valence-electron chi connectivity index (χ4n) is 2.42. The fraction of sp³-hybridized carbons (Fsp3) is 0.818. The van der Waals surface area contributed by atoms with Gasteiger partial charge in [0.1, 0.15) is 5.69 Å². The van der Waals surface area contributed by atoms with Crippen molar-refractivity contribution in [3.63, 3.8) is 0 Å². The third kappa shape index (κ3) is 2.10. The number of hydrogen-bond donors (Lipinski definition) is 1. The van der Waals surface area contributed by atoms with E-state index >= 15 is 0 Å². The Balaban J connectivity index is 1.59. The zero-order chi connectivity index (χ0) is 11.0. The van der Waals surface area contributed by atoms with Crippen LogP contribution < -0.4 is 0 Å². The van der Waals surface area contributed by atoms with Crippen LogP contribution in [0.3, 0.4) is 0 Å². The summed E-state index contributed by atoms with van der Waals surface area (Å²) in [4.78, 5) is 2.53. The van der Waals surface area contributed by atoms with E-state index in [0.717, 1.165) is 18.9 Å². The van der Waals surface area contributed by atoms with E-state index in [1.807, 2.05) is 10.9 Å². The van der Waals surface area contributed by atoms with Crippen LogP contribution >= 0.6 is 0 Å². The average molecular weight is 222 g/mol. The van der Waals surface area contributed by atoms with Gasteiger partial charge in [-0.2, -0.15) is 0 Å². The van der Waals surface area contributed by atoms with Crippen molar-refractivity contribution in [2.24, 2.45) is 5.92 Å². The number of hydrogen-bond acceptors (Lipinski definition) is 4. The van der Waals surface area contributed by atoms with Crippen LogP contribution in [-0.4, -0.2) is 44.6 Å². The van der Waals surface area contributed by atoms with Crippen molar-refractivity contribution in [2.75, 3.05) is 19.6 Å². The molecule has 88 valence electrons. The SMILES string of the molecule is OCc1cn([C@H]2CCN(CC3CC3)C2)nn1. The molecule has 0 bridgehead atoms. The van der Waals surface area contributed by atoms with Gasteiger partial charge in [0, 0.05) is 19.6 Å². The highest BCUT2D eigenvalue weighted by Gasteiger charge is 2.30. The van der Waals surface area contributed by atoms with Gasteiger partial charge in [-0.3, -0.25) is 0 Å². The number of rotatable bonds is 4. The summed E-state index contributed by atoms with van der Waals surface area (Å²) in [5.41, 5.74) is 0.667. The van der Waals surface area contributed by atoms with Crippen molar-refractivity contribution < 1.29 is 5.11 Å². The predicted molar refractivity (Wildman–Crippen MR) is 58.8 cm³/mol. The molecule has 1 aliphatic carbocycles. The largest absolute Gasteiger partial charge is 0.390 e. The van der Waals surface area contributed by atoms with Gasteiger partial charge in [0.2, 0.25) is 0 Å². The molecule has 5 nitrogen and oxygen atoms in total. The summed E-state index contributed by atoms with van der Waals surface area (Å²) in [7, 11) is 0. The second-order valence-corrected chi connectivity index (χ2v) is 4.99. The van der Waals surface area contributed by atoms with Crippen LogP contribution in [0.2, 0.25) is 0 Å². The van der Waals surface area contributed by atoms with E-state index < -0.39 is 0 Å². The lowest BCUT2D eigenvalue weighted by Gasteiger charge is -2.14. The van der Waals surface area contributed by atoms with Gasteiger partial charge in [-0.05, 0) is 25.2 Å². The first-order chi connectivity index (χ1) is 7.85. The molecule has 2 fully saturated rings. The zero-order valence-electron chi connectivity index (χ0n) is 9.42. The van der Waals surface area contributed by atoms with E-state index in [2.05, 4.69) is 15.2 Å². The second kappa shape index (κ2) is 4.14. The molecule has 1 N–H and O–H groups in total. The quantitative estimate of drug-likeness (QED) is 0.802. The monoisotopic (exact) mass is 222 g/mol. The Morgan fingerprint density at radius 1 is 1.38 bits per heavy atom. The molecule has 0 radical (unpaired) electrons. The van der Waals surface area contributed by atoms with E-state index in [0.29, 0.717) is 11.7 Å². The van der Waals surface area contributed by atoms with Gasteiger partial charge in [-0.15, -0.1) is 5.10 Å². The lowest BCUT2D eigenvalue weighted by Crippen LogP contribution is -2.24. The number of aliphatic hydroxyl groups is 1. The Hall–Kier alpha value is -0.940. The Kier molecular flexibility index (Phi) is 2.65. The van der Waals surface area contributed by atoms with Crippen LogP contribution in [0.4, 0.5) is 0 Å². The minimum absolute atomic E-state index is 0.0154. The average Bonchev–Trinajstić information content (AvgIpc) is 2.83. The van der Waals surface area contributed by atoms with Crippen LogP contribution in [0.1, 0.15) is 31.0 Å². The van der Waals surface area contributed by atoms with E-state index in [4.69, 9.17) is 5.11 Å². The molecule has 1 atom stereocenters. The third-order valence-electron chi connectivity index (χ3n) is 3.55. The van der Waals surface area contributed by atoms with Crippen LogP contribution in [-0.2, 0) is 6.61 Å². The Labute approximate surface area is 95.1 Å². The second-order valence-electron chi connectivity index (χ2n) is 4.99. The van der Waals surface area contributed by atoms with Crippen LogP contribution in [0.5, 0.6) is 0 Å². The molecule has 1 saturated carbocycles. The van der Waals surface area contributed by atoms with E-state index in [1.54, 1.807) is 0 Å². The highest BCUT2D eigenvalue weighted by atomic mass is 16.3. The van der Waals surface area contributed by atoms with E-state index in [-0.39, 0.29) is 6.61 Å². The molecule has 16 heavy (non-hydrogen) atoms. The van der Waals surface area contributed by atoms with Gasteiger partial charge in [-0.1, -0.05) is 5.21 Å². The molecular weight excluding hydrogens is 204 g/mol. The Morgan fingerprint density at radius 3 is 2.94 bits per heavy atom. The molecule has 2 heterocycles. The minimum atomic E-state index is -0.0154. The first-order valence-corrected chi connectivity index (χ1v) is 6.09. The van der Waals surface area contributed by atoms with Gasteiger partial charge in [-0.25, -0.2) is 4.68 Å². The van der Waals surface area contributed by atoms with Gasteiger partial charge in [0.15, 0.2) is 0 Å². The maximum Gasteiger partial charge on any atom is 0.108 e. The molecule has 1 aliphatic heterocycles. The van der Waals surface area contributed by atoms with Crippen molar-refractivity contribution in [3.05, 3.63) is 11.9 Å². The third-order valence-corrected chi connectivity index (χ3v) is 3.55. The summed E-state index contributed by atoms with van der Waals surface area (Å²) >= 11 is 0. The molecule has 0 spiro atoms. The topological polar surface area (TPSA) is 54.2 Å². The molecule has 3 rings (SSSR count). The number of nitrogens with zero attached hydrogens (tertiary/aromatic N) is 4. The van der Waals surface area contributed by atoms with Crippen molar-refractivity contribution in [2.45, 2.75) is 31.9 Å². The zero-order valence-corrected chi connectivity index (χ0v) is 9.42. The molecule has 0 amide bonds. The molecule has 5 heteroatoms. The van der Waals surface area contributed by atoms with Crippen LogP contribution in [0.25, 0.3) is 0 Å². The van der Waals surface area contributed by atoms with Gasteiger partial charge in [0.05, 0.1) is 18.8 Å². The molecule has 1 aromatic rings. The van der Waals surface area contributed by atoms with Crippen LogP contribution in [0.15, 0.2) is 6.20 Å². The first-order valence-electron chi connectivity index (χ1n) is 6.09.